The molecule has 0 bridgehead atoms. The number of rotatable bonds is 6. The van der Waals surface area contributed by atoms with Gasteiger partial charge in [0.2, 0.25) is 11.8 Å². The first kappa shape index (κ1) is 48.9. The second-order valence-electron chi connectivity index (χ2n) is 25.3. The number of furan rings is 4. The minimum atomic E-state index is -0.322. The second kappa shape index (κ2) is 17.7. The van der Waals surface area contributed by atoms with Gasteiger partial charge < -0.3 is 17.7 Å². The van der Waals surface area contributed by atoms with E-state index in [1.54, 1.807) is 0 Å². The summed E-state index contributed by atoms with van der Waals surface area (Å²) in [6, 6.07) is 70.6. The summed E-state index contributed by atoms with van der Waals surface area (Å²) >= 11 is 0. The van der Waals surface area contributed by atoms with E-state index in [0.717, 1.165) is 134 Å². The molecule has 2 aliphatic heterocycles. The predicted molar refractivity (Wildman–Crippen MR) is 337 cm³/mol. The van der Waals surface area contributed by atoms with E-state index in [-0.39, 0.29) is 23.0 Å². The lowest BCUT2D eigenvalue weighted by molar-refractivity contribution is 0.588. The van der Waals surface area contributed by atoms with Crippen LogP contribution in [0.15, 0.2) is 224 Å². The van der Waals surface area contributed by atoms with Crippen LogP contribution in [0.5, 0.6) is 0 Å². The molecule has 9 aromatic carbocycles. The molecule has 6 nitrogen and oxygen atoms in total. The number of benzene rings is 9. The molecule has 81 heavy (non-hydrogen) atoms. The van der Waals surface area contributed by atoms with E-state index in [4.69, 9.17) is 17.7 Å². The minimum Gasteiger partial charge on any atom is -0.464 e. The van der Waals surface area contributed by atoms with Crippen molar-refractivity contribution in [3.05, 3.63) is 223 Å². The van der Waals surface area contributed by atoms with E-state index in [0.29, 0.717) is 0 Å². The van der Waals surface area contributed by atoms with Crippen LogP contribution in [0.4, 0.5) is 34.5 Å². The summed E-state index contributed by atoms with van der Waals surface area (Å²) in [6.07, 6.45) is 3.81. The molecule has 0 unspecified atom stereocenters. The molecule has 0 atom stereocenters. The third kappa shape index (κ3) is 7.69. The molecule has 0 radical (unpaired) electrons. The lowest BCUT2D eigenvalue weighted by Crippen LogP contribution is -2.61. The summed E-state index contributed by atoms with van der Waals surface area (Å²) in [4.78, 5) is 4.92. The van der Waals surface area contributed by atoms with Crippen LogP contribution >= 0.6 is 0 Å². The third-order valence-corrected chi connectivity index (χ3v) is 17.1. The zero-order valence-electron chi connectivity index (χ0n) is 47.2. The Labute approximate surface area is 473 Å². The van der Waals surface area contributed by atoms with Crippen molar-refractivity contribution in [2.24, 2.45) is 0 Å². The van der Waals surface area contributed by atoms with Gasteiger partial charge >= 0.3 is 0 Å². The molecule has 0 spiro atoms. The molecule has 15 rings (SSSR count). The van der Waals surface area contributed by atoms with Gasteiger partial charge in [0, 0.05) is 66.1 Å². The summed E-state index contributed by atoms with van der Waals surface area (Å²) < 4.78 is 27.8. The number of hydrogen-bond acceptors (Lipinski definition) is 6. The highest BCUT2D eigenvalue weighted by Gasteiger charge is 2.50. The molecule has 2 aliphatic rings. The maximum absolute atomic E-state index is 7.61. The highest BCUT2D eigenvalue weighted by atomic mass is 16.4. The first-order valence-electron chi connectivity index (χ1n) is 28.3. The van der Waals surface area contributed by atoms with Crippen molar-refractivity contribution >= 4 is 101 Å². The molecule has 394 valence electrons. The SMILES string of the molecule is CC(C)(C)c1cc2c3c(c1)N(c1cc(-c4coc5ccccc45)ccc1-c1ccccc1)c1oc4ccc(C(C)(C)C)cc4c1B3c1c(oc3ccc(C(C)(C)C)cc13)N2c1cc(-c2coc3ccccc23)ccc1-c1ccccc1. The Morgan fingerprint density at radius 2 is 0.716 bits per heavy atom. The van der Waals surface area contributed by atoms with Crippen molar-refractivity contribution in [2.75, 3.05) is 9.80 Å². The van der Waals surface area contributed by atoms with Gasteiger partial charge in [0.15, 0.2) is 0 Å². The van der Waals surface area contributed by atoms with Crippen molar-refractivity contribution in [2.45, 2.75) is 78.6 Å². The van der Waals surface area contributed by atoms with Crippen molar-refractivity contribution in [1.82, 2.24) is 0 Å². The minimum absolute atomic E-state index is 0.142. The Hall–Kier alpha value is -9.20. The summed E-state index contributed by atoms with van der Waals surface area (Å²) in [7, 11) is 0. The number of fused-ring (bicyclic) bond motifs is 10. The van der Waals surface area contributed by atoms with Gasteiger partial charge in [-0.05, 0) is 121 Å². The predicted octanol–water partition coefficient (Wildman–Crippen LogP) is 19.3. The van der Waals surface area contributed by atoms with E-state index in [1.807, 2.05) is 36.8 Å². The van der Waals surface area contributed by atoms with E-state index >= 15 is 0 Å². The van der Waals surface area contributed by atoms with Gasteiger partial charge in [-0.2, -0.15) is 0 Å². The molecule has 0 saturated carbocycles. The fraction of sp³-hybridized carbons (Fsp3) is 0.162. The van der Waals surface area contributed by atoms with Crippen LogP contribution in [0.3, 0.4) is 0 Å². The summed E-state index contributed by atoms with van der Waals surface area (Å²) in [5.41, 5.74) is 22.4. The van der Waals surface area contributed by atoms with Crippen LogP contribution in [0.2, 0.25) is 0 Å². The molecule has 0 amide bonds. The van der Waals surface area contributed by atoms with Gasteiger partial charge in [-0.1, -0.05) is 196 Å². The Kier molecular flexibility index (Phi) is 10.7. The standard InChI is InChI=1S/C74H61BN2O4/c1-72(2,3)48-30-34-65-55(38-48)67-70(80-65)76(59-36-46(28-32-51(59)44-20-12-10-13-21-44)57-42-78-63-26-18-16-24-53(57)63)61-40-50(74(7,8)9)41-62-69(61)75(67)68-56-39-49(73(4,5)6)31-35-66(56)81-71(68)77(62)60-37-47(29-33-52(60)45-22-14-11-15-23-45)58-43-79-64-27-19-17-25-54(58)64/h10-43H,1-9H3. The quantitative estimate of drug-likeness (QED) is 0.155. The number of para-hydroxylation sites is 2. The molecule has 0 fully saturated rings. The molecular weight excluding hydrogens is 992 g/mol. The number of nitrogens with zero attached hydrogens (tertiary/aromatic N) is 2. The Balaban J connectivity index is 1.12. The van der Waals surface area contributed by atoms with E-state index < -0.39 is 0 Å². The zero-order valence-corrected chi connectivity index (χ0v) is 47.2. The van der Waals surface area contributed by atoms with Crippen LogP contribution in [0, 0.1) is 0 Å². The van der Waals surface area contributed by atoms with Gasteiger partial charge in [0.1, 0.15) is 22.3 Å². The molecule has 7 heteroatoms. The van der Waals surface area contributed by atoms with Gasteiger partial charge in [-0.3, -0.25) is 9.80 Å². The monoisotopic (exact) mass is 1050 g/mol. The molecule has 0 aliphatic carbocycles. The topological polar surface area (TPSA) is 59.0 Å². The molecule has 0 N–H and O–H groups in total. The van der Waals surface area contributed by atoms with E-state index in [1.165, 1.54) is 22.2 Å². The Morgan fingerprint density at radius 3 is 1.14 bits per heavy atom. The van der Waals surface area contributed by atoms with Gasteiger partial charge in [-0.15, -0.1) is 0 Å². The zero-order chi connectivity index (χ0) is 55.3. The fourth-order valence-electron chi connectivity index (χ4n) is 12.8. The lowest BCUT2D eigenvalue weighted by Gasteiger charge is -2.42. The Morgan fingerprint density at radius 1 is 0.309 bits per heavy atom. The molecule has 0 saturated heterocycles. The van der Waals surface area contributed by atoms with Crippen molar-refractivity contribution in [3.8, 4) is 44.5 Å². The third-order valence-electron chi connectivity index (χ3n) is 17.1. The second-order valence-corrected chi connectivity index (χ2v) is 25.3. The summed E-state index contributed by atoms with van der Waals surface area (Å²) in [5, 5.41) is 4.29. The smallest absolute Gasteiger partial charge is 0.262 e. The lowest BCUT2D eigenvalue weighted by atomic mass is 9.33. The maximum Gasteiger partial charge on any atom is 0.262 e. The summed E-state index contributed by atoms with van der Waals surface area (Å²) in [6.45, 7) is 20.4. The Bertz CT molecular complexity index is 4380. The van der Waals surface area contributed by atoms with Crippen molar-refractivity contribution < 1.29 is 17.7 Å². The molecule has 13 aromatic rings. The normalized spacial score (nSPS) is 13.4. The van der Waals surface area contributed by atoms with Crippen LogP contribution in [-0.2, 0) is 16.2 Å². The van der Waals surface area contributed by atoms with Crippen LogP contribution in [-0.4, -0.2) is 6.71 Å². The highest BCUT2D eigenvalue weighted by Crippen LogP contribution is 2.53. The van der Waals surface area contributed by atoms with Gasteiger partial charge in [0.05, 0.1) is 23.9 Å². The van der Waals surface area contributed by atoms with Crippen LogP contribution < -0.4 is 26.2 Å². The fourth-order valence-corrected chi connectivity index (χ4v) is 12.8. The average Bonchev–Trinajstić information content (AvgIpc) is 4.40. The largest absolute Gasteiger partial charge is 0.464 e. The van der Waals surface area contributed by atoms with E-state index in [2.05, 4.69) is 242 Å². The van der Waals surface area contributed by atoms with Gasteiger partial charge in [-0.25, -0.2) is 0 Å². The average molecular weight is 1050 g/mol. The summed E-state index contributed by atoms with van der Waals surface area (Å²) in [5.74, 6) is 1.58. The van der Waals surface area contributed by atoms with Crippen LogP contribution in [0.25, 0.3) is 88.4 Å². The van der Waals surface area contributed by atoms with Crippen molar-refractivity contribution in [3.63, 3.8) is 0 Å². The van der Waals surface area contributed by atoms with E-state index in [9.17, 15) is 0 Å². The first-order chi connectivity index (χ1) is 39.1. The maximum atomic E-state index is 7.61. The number of hydrogen-bond donors (Lipinski definition) is 0. The van der Waals surface area contributed by atoms with Crippen LogP contribution in [0.1, 0.15) is 79.0 Å². The molecule has 4 aromatic heterocycles. The first-order valence-corrected chi connectivity index (χ1v) is 28.3. The van der Waals surface area contributed by atoms with Gasteiger partial charge in [0.25, 0.3) is 6.71 Å². The highest BCUT2D eigenvalue weighted by molar-refractivity contribution is 7.02. The molecular formula is C74H61BN2O4. The van der Waals surface area contributed by atoms with Crippen molar-refractivity contribution in [1.29, 1.82) is 0 Å². The molecule has 6 heterocycles. The number of anilines is 6.